The lowest BCUT2D eigenvalue weighted by atomic mass is 10.2. The summed E-state index contributed by atoms with van der Waals surface area (Å²) < 4.78 is 5.08. The molecule has 1 heterocycles. The van der Waals surface area contributed by atoms with Crippen molar-refractivity contribution in [3.63, 3.8) is 0 Å². The highest BCUT2D eigenvalue weighted by Crippen LogP contribution is 2.05. The first kappa shape index (κ1) is 16.6. The summed E-state index contributed by atoms with van der Waals surface area (Å²) in [6.45, 7) is 6.59. The molecular formula is C15H25N3O2. The Balaban J connectivity index is 2.60. The monoisotopic (exact) mass is 279 g/mol. The first-order valence-electron chi connectivity index (χ1n) is 7.07. The largest absolute Gasteiger partial charge is 0.383 e. The number of nitrogens with zero attached hydrogens (tertiary/aromatic N) is 2. The van der Waals surface area contributed by atoms with Crippen molar-refractivity contribution in [2.45, 2.75) is 32.9 Å². The van der Waals surface area contributed by atoms with Crippen molar-refractivity contribution in [3.8, 4) is 0 Å². The van der Waals surface area contributed by atoms with Gasteiger partial charge in [-0.1, -0.05) is 13.0 Å². The molecule has 0 aliphatic rings. The van der Waals surface area contributed by atoms with E-state index in [4.69, 9.17) is 4.74 Å². The zero-order valence-corrected chi connectivity index (χ0v) is 12.6. The van der Waals surface area contributed by atoms with E-state index in [-0.39, 0.29) is 11.9 Å². The zero-order chi connectivity index (χ0) is 14.8. The lowest BCUT2D eigenvalue weighted by molar-refractivity contribution is -0.133. The lowest BCUT2D eigenvalue weighted by Gasteiger charge is -2.24. The highest BCUT2D eigenvalue weighted by atomic mass is 16.5. The number of carbonyl (C=O) groups excluding carboxylic acids is 1. The molecule has 0 spiro atoms. The molecule has 0 saturated heterocycles. The van der Waals surface area contributed by atoms with Crippen LogP contribution in [0.1, 0.15) is 26.0 Å². The van der Waals surface area contributed by atoms with E-state index in [2.05, 4.69) is 10.3 Å². The molecule has 0 fully saturated rings. The van der Waals surface area contributed by atoms with Crippen molar-refractivity contribution in [1.29, 1.82) is 0 Å². The second-order valence-electron chi connectivity index (χ2n) is 4.79. The molecule has 0 bridgehead atoms. The molecule has 1 N–H and O–H groups in total. The van der Waals surface area contributed by atoms with Crippen molar-refractivity contribution in [1.82, 2.24) is 15.2 Å². The van der Waals surface area contributed by atoms with Gasteiger partial charge in [-0.3, -0.25) is 9.78 Å². The van der Waals surface area contributed by atoms with Gasteiger partial charge in [0.25, 0.3) is 0 Å². The number of amides is 1. The fourth-order valence-corrected chi connectivity index (χ4v) is 1.99. The molecule has 1 unspecified atom stereocenters. The summed E-state index contributed by atoms with van der Waals surface area (Å²) in [5.41, 5.74) is 0.896. The molecule has 1 aromatic heterocycles. The van der Waals surface area contributed by atoms with E-state index in [0.29, 0.717) is 26.1 Å². The maximum Gasteiger partial charge on any atom is 0.224 e. The molecule has 0 aliphatic carbocycles. The van der Waals surface area contributed by atoms with Crippen LogP contribution in [-0.4, -0.2) is 48.6 Å². The minimum absolute atomic E-state index is 0.126. The smallest absolute Gasteiger partial charge is 0.224 e. The number of hydrogen-bond donors (Lipinski definition) is 1. The number of aromatic nitrogens is 1. The second kappa shape index (κ2) is 9.44. The van der Waals surface area contributed by atoms with E-state index in [1.807, 2.05) is 32.0 Å². The quantitative estimate of drug-likeness (QED) is 0.743. The average Bonchev–Trinajstić information content (AvgIpc) is 2.44. The summed E-state index contributed by atoms with van der Waals surface area (Å²) >= 11 is 0. The topological polar surface area (TPSA) is 54.5 Å². The van der Waals surface area contributed by atoms with Crippen LogP contribution in [0.2, 0.25) is 0 Å². The molecule has 0 radical (unpaired) electrons. The van der Waals surface area contributed by atoms with Gasteiger partial charge < -0.3 is 15.0 Å². The zero-order valence-electron chi connectivity index (χ0n) is 12.6. The fraction of sp³-hybridized carbons (Fsp3) is 0.600. The maximum atomic E-state index is 12.3. The number of ether oxygens (including phenoxy) is 1. The first-order valence-corrected chi connectivity index (χ1v) is 7.07. The van der Waals surface area contributed by atoms with E-state index in [0.717, 1.165) is 12.2 Å². The molecule has 1 aromatic rings. The summed E-state index contributed by atoms with van der Waals surface area (Å²) in [5, 5.41) is 3.26. The Morgan fingerprint density at radius 3 is 2.90 bits per heavy atom. The number of pyridine rings is 1. The summed E-state index contributed by atoms with van der Waals surface area (Å²) in [5.74, 6) is 0.126. The molecule has 1 atom stereocenters. The van der Waals surface area contributed by atoms with Gasteiger partial charge in [0.1, 0.15) is 0 Å². The van der Waals surface area contributed by atoms with Crippen molar-refractivity contribution in [2.75, 3.05) is 26.8 Å². The van der Waals surface area contributed by atoms with Crippen LogP contribution in [0.3, 0.4) is 0 Å². The Hall–Kier alpha value is -1.46. The number of methoxy groups -OCH3 is 1. The Kier molecular flexibility index (Phi) is 7.84. The Labute approximate surface area is 121 Å². The standard InChI is InChI=1S/C15H25N3O2/c1-4-16-13(2)11-15(19)18(9-10-20-3)12-14-7-5-6-8-17-14/h5-8,13,16H,4,9-12H2,1-3H3. The van der Waals surface area contributed by atoms with Crippen LogP contribution < -0.4 is 5.32 Å². The van der Waals surface area contributed by atoms with Crippen LogP contribution in [0.15, 0.2) is 24.4 Å². The third kappa shape index (κ3) is 6.12. The summed E-state index contributed by atoms with van der Waals surface area (Å²) in [6, 6.07) is 5.92. The SMILES string of the molecule is CCNC(C)CC(=O)N(CCOC)Cc1ccccn1. The molecule has 0 aliphatic heterocycles. The predicted octanol–water partition coefficient (Wildman–Crippen LogP) is 1.44. The van der Waals surface area contributed by atoms with Gasteiger partial charge in [-0.25, -0.2) is 0 Å². The highest BCUT2D eigenvalue weighted by Gasteiger charge is 2.16. The molecule has 1 rings (SSSR count). The predicted molar refractivity (Wildman–Crippen MR) is 79.3 cm³/mol. The number of hydrogen-bond acceptors (Lipinski definition) is 4. The molecule has 1 amide bonds. The van der Waals surface area contributed by atoms with Gasteiger partial charge in [0.15, 0.2) is 0 Å². The molecule has 0 saturated carbocycles. The van der Waals surface area contributed by atoms with Crippen LogP contribution in [0.4, 0.5) is 0 Å². The first-order chi connectivity index (χ1) is 9.67. The molecular weight excluding hydrogens is 254 g/mol. The maximum absolute atomic E-state index is 12.3. The van der Waals surface area contributed by atoms with Crippen LogP contribution in [-0.2, 0) is 16.1 Å². The van der Waals surface area contributed by atoms with E-state index in [1.165, 1.54) is 0 Å². The van der Waals surface area contributed by atoms with E-state index < -0.39 is 0 Å². The number of carbonyl (C=O) groups is 1. The van der Waals surface area contributed by atoms with Crippen molar-refractivity contribution in [2.24, 2.45) is 0 Å². The van der Waals surface area contributed by atoms with Gasteiger partial charge in [0.2, 0.25) is 5.91 Å². The van der Waals surface area contributed by atoms with E-state index in [9.17, 15) is 4.79 Å². The third-order valence-corrected chi connectivity index (χ3v) is 3.03. The molecule has 5 nitrogen and oxygen atoms in total. The van der Waals surface area contributed by atoms with Gasteiger partial charge in [-0.2, -0.15) is 0 Å². The van der Waals surface area contributed by atoms with Gasteiger partial charge in [-0.15, -0.1) is 0 Å². The molecule has 5 heteroatoms. The van der Waals surface area contributed by atoms with Gasteiger partial charge in [0, 0.05) is 32.3 Å². The minimum Gasteiger partial charge on any atom is -0.383 e. The third-order valence-electron chi connectivity index (χ3n) is 3.03. The normalized spacial score (nSPS) is 12.2. The highest BCUT2D eigenvalue weighted by molar-refractivity contribution is 5.76. The Bertz CT molecular complexity index is 384. The minimum atomic E-state index is 0.126. The number of nitrogens with one attached hydrogen (secondary N) is 1. The van der Waals surface area contributed by atoms with E-state index in [1.54, 1.807) is 18.2 Å². The molecule has 20 heavy (non-hydrogen) atoms. The van der Waals surface area contributed by atoms with Crippen LogP contribution >= 0.6 is 0 Å². The van der Waals surface area contributed by atoms with E-state index >= 15 is 0 Å². The van der Waals surface area contributed by atoms with Crippen molar-refractivity contribution >= 4 is 5.91 Å². The Morgan fingerprint density at radius 2 is 2.30 bits per heavy atom. The van der Waals surface area contributed by atoms with Gasteiger partial charge in [0.05, 0.1) is 18.8 Å². The van der Waals surface area contributed by atoms with Gasteiger partial charge in [-0.05, 0) is 25.6 Å². The summed E-state index contributed by atoms with van der Waals surface area (Å²) in [6.07, 6.45) is 2.24. The Morgan fingerprint density at radius 1 is 1.50 bits per heavy atom. The lowest BCUT2D eigenvalue weighted by Crippen LogP contribution is -2.38. The number of rotatable bonds is 9. The van der Waals surface area contributed by atoms with Crippen LogP contribution in [0.5, 0.6) is 0 Å². The van der Waals surface area contributed by atoms with Crippen LogP contribution in [0, 0.1) is 0 Å². The summed E-state index contributed by atoms with van der Waals surface area (Å²) in [4.78, 5) is 18.4. The average molecular weight is 279 g/mol. The fourth-order valence-electron chi connectivity index (χ4n) is 1.99. The van der Waals surface area contributed by atoms with Crippen molar-refractivity contribution in [3.05, 3.63) is 30.1 Å². The van der Waals surface area contributed by atoms with Crippen LogP contribution in [0.25, 0.3) is 0 Å². The summed E-state index contributed by atoms with van der Waals surface area (Å²) in [7, 11) is 1.64. The van der Waals surface area contributed by atoms with Gasteiger partial charge >= 0.3 is 0 Å². The molecule has 0 aromatic carbocycles. The molecule has 112 valence electrons. The second-order valence-corrected chi connectivity index (χ2v) is 4.79. The van der Waals surface area contributed by atoms with Crippen molar-refractivity contribution < 1.29 is 9.53 Å².